The van der Waals surface area contributed by atoms with Crippen LogP contribution in [0.25, 0.3) is 0 Å². The van der Waals surface area contributed by atoms with Crippen LogP contribution in [0.5, 0.6) is 0 Å². The van der Waals surface area contributed by atoms with Crippen LogP contribution in [-0.2, 0) is 0 Å². The maximum Gasteiger partial charge on any atom is 0.257 e. The van der Waals surface area contributed by atoms with E-state index in [1.165, 1.54) is 4.90 Å². The van der Waals surface area contributed by atoms with Crippen LogP contribution in [0.1, 0.15) is 33.1 Å². The summed E-state index contributed by atoms with van der Waals surface area (Å²) in [5.74, 6) is -2.22. The zero-order valence-corrected chi connectivity index (χ0v) is 12.8. The van der Waals surface area contributed by atoms with Crippen molar-refractivity contribution in [1.29, 1.82) is 0 Å². The molecule has 1 amide bonds. The minimum Gasteiger partial charge on any atom is -0.396 e. The van der Waals surface area contributed by atoms with Gasteiger partial charge in [0.15, 0.2) is 5.82 Å². The molecule has 0 spiro atoms. The largest absolute Gasteiger partial charge is 0.396 e. The molecule has 1 aromatic heterocycles. The fraction of sp³-hybridized carbons (Fsp3) is 0.267. The Morgan fingerprint density at radius 1 is 1.33 bits per heavy atom. The van der Waals surface area contributed by atoms with E-state index in [1.807, 2.05) is 26.0 Å². The van der Waals surface area contributed by atoms with E-state index < -0.39 is 17.5 Å². The summed E-state index contributed by atoms with van der Waals surface area (Å²) >= 11 is 1.56. The Bertz CT molecular complexity index is 684. The first-order chi connectivity index (χ1) is 9.81. The molecule has 2 aromatic rings. The van der Waals surface area contributed by atoms with Gasteiger partial charge in [0.2, 0.25) is 0 Å². The summed E-state index contributed by atoms with van der Waals surface area (Å²) in [6, 6.07) is 5.37. The number of rotatable bonds is 3. The molecule has 1 aromatic carbocycles. The fourth-order valence-electron chi connectivity index (χ4n) is 2.00. The third-order valence-electron chi connectivity index (χ3n) is 3.37. The van der Waals surface area contributed by atoms with Crippen LogP contribution in [0.4, 0.5) is 14.5 Å². The molecule has 0 aliphatic rings. The molecule has 3 nitrogen and oxygen atoms in total. The predicted molar refractivity (Wildman–Crippen MR) is 80.3 cm³/mol. The number of aryl methyl sites for hydroxylation is 1. The maximum atomic E-state index is 13.9. The van der Waals surface area contributed by atoms with Crippen molar-refractivity contribution in [3.8, 4) is 0 Å². The maximum absolute atomic E-state index is 13.9. The number of halogens is 2. The number of hydrogen-bond donors (Lipinski definition) is 1. The molecule has 112 valence electrons. The summed E-state index contributed by atoms with van der Waals surface area (Å²) in [4.78, 5) is 15.8. The summed E-state index contributed by atoms with van der Waals surface area (Å²) in [5.41, 5.74) is 4.65. The number of anilines is 1. The van der Waals surface area contributed by atoms with Gasteiger partial charge in [-0.3, -0.25) is 4.79 Å². The molecule has 0 radical (unpaired) electrons. The molecule has 0 saturated carbocycles. The summed E-state index contributed by atoms with van der Waals surface area (Å²) < 4.78 is 27.3. The standard InChI is InChI=1S/C15H16F2N2OS/c1-8-4-5-13(21-8)9(2)19(3)15(20)11-6-10(16)7-12(18)14(11)17/h4-7,9H,18H2,1-3H3. The van der Waals surface area contributed by atoms with E-state index in [2.05, 4.69) is 0 Å². The molecule has 0 fully saturated rings. The van der Waals surface area contributed by atoms with E-state index in [9.17, 15) is 13.6 Å². The second-order valence-electron chi connectivity index (χ2n) is 4.90. The van der Waals surface area contributed by atoms with Crippen molar-refractivity contribution < 1.29 is 13.6 Å². The molecule has 21 heavy (non-hydrogen) atoms. The zero-order chi connectivity index (χ0) is 15.7. The van der Waals surface area contributed by atoms with Gasteiger partial charge in [-0.15, -0.1) is 11.3 Å². The SMILES string of the molecule is Cc1ccc(C(C)N(C)C(=O)c2cc(F)cc(N)c2F)s1. The Labute approximate surface area is 126 Å². The van der Waals surface area contributed by atoms with E-state index in [0.717, 1.165) is 21.9 Å². The van der Waals surface area contributed by atoms with Crippen LogP contribution in [0.3, 0.4) is 0 Å². The highest BCUT2D eigenvalue weighted by Crippen LogP contribution is 2.28. The number of thiophene rings is 1. The van der Waals surface area contributed by atoms with Gasteiger partial charge in [0.25, 0.3) is 5.91 Å². The number of nitrogen functional groups attached to an aromatic ring is 1. The first-order valence-corrected chi connectivity index (χ1v) is 7.21. The van der Waals surface area contributed by atoms with Crippen molar-refractivity contribution in [3.63, 3.8) is 0 Å². The van der Waals surface area contributed by atoms with Gasteiger partial charge in [-0.05, 0) is 38.1 Å². The quantitative estimate of drug-likeness (QED) is 0.878. The second kappa shape index (κ2) is 5.81. The van der Waals surface area contributed by atoms with E-state index in [0.29, 0.717) is 0 Å². The highest BCUT2D eigenvalue weighted by molar-refractivity contribution is 7.12. The lowest BCUT2D eigenvalue weighted by molar-refractivity contribution is 0.0740. The Kier molecular flexibility index (Phi) is 4.27. The fourth-order valence-corrected chi connectivity index (χ4v) is 2.97. The van der Waals surface area contributed by atoms with Gasteiger partial charge in [0.1, 0.15) is 5.82 Å². The zero-order valence-electron chi connectivity index (χ0n) is 12.0. The average molecular weight is 310 g/mol. The molecular weight excluding hydrogens is 294 g/mol. The third kappa shape index (κ3) is 3.05. The van der Waals surface area contributed by atoms with Crippen molar-refractivity contribution in [3.05, 3.63) is 51.2 Å². The van der Waals surface area contributed by atoms with Crippen LogP contribution >= 0.6 is 11.3 Å². The Hall–Kier alpha value is -1.95. The number of carbonyl (C=O) groups excluding carboxylic acids is 1. The van der Waals surface area contributed by atoms with Gasteiger partial charge >= 0.3 is 0 Å². The van der Waals surface area contributed by atoms with E-state index in [4.69, 9.17) is 5.73 Å². The van der Waals surface area contributed by atoms with Crippen molar-refractivity contribution in [2.75, 3.05) is 12.8 Å². The molecule has 0 saturated heterocycles. The normalized spacial score (nSPS) is 12.2. The first-order valence-electron chi connectivity index (χ1n) is 6.39. The van der Waals surface area contributed by atoms with Gasteiger partial charge in [-0.25, -0.2) is 8.78 Å². The van der Waals surface area contributed by atoms with E-state index in [-0.39, 0.29) is 17.3 Å². The topological polar surface area (TPSA) is 46.3 Å². The van der Waals surface area contributed by atoms with Crippen LogP contribution in [-0.4, -0.2) is 17.9 Å². The van der Waals surface area contributed by atoms with E-state index >= 15 is 0 Å². The third-order valence-corrected chi connectivity index (χ3v) is 4.54. The first kappa shape index (κ1) is 15.4. The molecule has 0 aliphatic heterocycles. The van der Waals surface area contributed by atoms with E-state index in [1.54, 1.807) is 18.4 Å². The molecule has 2 rings (SSSR count). The molecule has 1 unspecified atom stereocenters. The van der Waals surface area contributed by atoms with Crippen LogP contribution in [0.15, 0.2) is 24.3 Å². The van der Waals surface area contributed by atoms with Crippen molar-refractivity contribution in [2.24, 2.45) is 0 Å². The number of carbonyl (C=O) groups is 1. The average Bonchev–Trinajstić information content (AvgIpc) is 2.87. The van der Waals surface area contributed by atoms with Gasteiger partial charge < -0.3 is 10.6 Å². The Balaban J connectivity index is 2.31. The number of benzene rings is 1. The number of nitrogens with zero attached hydrogens (tertiary/aromatic N) is 1. The van der Waals surface area contributed by atoms with Gasteiger partial charge in [-0.1, -0.05) is 0 Å². The molecule has 0 bridgehead atoms. The minimum absolute atomic E-state index is 0.236. The number of hydrogen-bond acceptors (Lipinski definition) is 3. The van der Waals surface area contributed by atoms with Crippen molar-refractivity contribution in [1.82, 2.24) is 4.90 Å². The lowest BCUT2D eigenvalue weighted by Gasteiger charge is -2.24. The molecule has 1 heterocycles. The second-order valence-corrected chi connectivity index (χ2v) is 6.22. The minimum atomic E-state index is -0.886. The summed E-state index contributed by atoms with van der Waals surface area (Å²) in [5, 5.41) is 0. The molecule has 1 atom stereocenters. The van der Waals surface area contributed by atoms with Crippen molar-refractivity contribution >= 4 is 22.9 Å². The summed E-state index contributed by atoms with van der Waals surface area (Å²) in [6.07, 6.45) is 0. The summed E-state index contributed by atoms with van der Waals surface area (Å²) in [7, 11) is 1.56. The molecule has 0 aliphatic carbocycles. The molecular formula is C15H16F2N2OS. The van der Waals surface area contributed by atoms with Crippen molar-refractivity contribution in [2.45, 2.75) is 19.9 Å². The lowest BCUT2D eigenvalue weighted by atomic mass is 10.1. The van der Waals surface area contributed by atoms with Crippen LogP contribution in [0, 0.1) is 18.6 Å². The highest BCUT2D eigenvalue weighted by Gasteiger charge is 2.24. The lowest BCUT2D eigenvalue weighted by Crippen LogP contribution is -2.30. The van der Waals surface area contributed by atoms with Gasteiger partial charge in [0.05, 0.1) is 17.3 Å². The monoisotopic (exact) mass is 310 g/mol. The van der Waals surface area contributed by atoms with Crippen LogP contribution in [0.2, 0.25) is 0 Å². The number of amides is 1. The van der Waals surface area contributed by atoms with Gasteiger partial charge in [-0.2, -0.15) is 0 Å². The Morgan fingerprint density at radius 2 is 2.00 bits per heavy atom. The molecule has 6 heteroatoms. The summed E-state index contributed by atoms with van der Waals surface area (Å²) in [6.45, 7) is 3.80. The highest BCUT2D eigenvalue weighted by atomic mass is 32.1. The Morgan fingerprint density at radius 3 is 2.57 bits per heavy atom. The smallest absolute Gasteiger partial charge is 0.257 e. The number of nitrogens with two attached hydrogens (primary N) is 1. The van der Waals surface area contributed by atoms with Crippen LogP contribution < -0.4 is 5.73 Å². The van der Waals surface area contributed by atoms with Gasteiger partial charge in [0, 0.05) is 16.8 Å². The predicted octanol–water partition coefficient (Wildman–Crippen LogP) is 3.75. The molecule has 2 N–H and O–H groups in total.